The number of hydrogen-bond donors (Lipinski definition) is 2. The Balaban J connectivity index is 2.27. The number of nitrogens with two attached hydrogens (primary N) is 1. The lowest BCUT2D eigenvalue weighted by Crippen LogP contribution is -2.16. The Hall–Kier alpha value is -1.00. The number of benzene rings is 1. The number of nitrogen functional groups attached to an aromatic ring is 1. The predicted molar refractivity (Wildman–Crippen MR) is 84.1 cm³/mol. The van der Waals surface area contributed by atoms with Gasteiger partial charge in [0.1, 0.15) is 0 Å². The first-order valence-corrected chi connectivity index (χ1v) is 7.60. The van der Waals surface area contributed by atoms with Crippen molar-refractivity contribution in [3.8, 4) is 0 Å². The third-order valence-electron chi connectivity index (χ3n) is 2.84. The maximum absolute atomic E-state index is 6.01. The minimum atomic E-state index is 0.293. The number of hydrogen-bond acceptors (Lipinski definition) is 3. The van der Waals surface area contributed by atoms with Crippen LogP contribution in [0.2, 0.25) is 0 Å². The monoisotopic (exact) mass is 324 g/mol. The Morgan fingerprint density at radius 1 is 1.28 bits per heavy atom. The van der Waals surface area contributed by atoms with E-state index in [1.807, 2.05) is 18.2 Å². The van der Waals surface area contributed by atoms with Crippen molar-refractivity contribution in [1.29, 1.82) is 0 Å². The van der Waals surface area contributed by atoms with Crippen molar-refractivity contribution in [2.75, 3.05) is 11.1 Å². The van der Waals surface area contributed by atoms with E-state index in [9.17, 15) is 0 Å². The van der Waals surface area contributed by atoms with Gasteiger partial charge in [0.25, 0.3) is 0 Å². The van der Waals surface area contributed by atoms with Crippen LogP contribution in [-0.4, -0.2) is 0 Å². The lowest BCUT2D eigenvalue weighted by molar-refractivity contribution is 0.554. The maximum atomic E-state index is 6.01. The molecule has 0 aliphatic rings. The zero-order valence-electron chi connectivity index (χ0n) is 10.5. The Kier molecular flexibility index (Phi) is 4.30. The molecule has 0 radical (unpaired) electrons. The third kappa shape index (κ3) is 3.06. The van der Waals surface area contributed by atoms with Gasteiger partial charge in [0.15, 0.2) is 0 Å². The zero-order chi connectivity index (χ0) is 13.1. The Labute approximate surface area is 120 Å². The van der Waals surface area contributed by atoms with Crippen molar-refractivity contribution in [2.45, 2.75) is 19.9 Å². The molecule has 0 bridgehead atoms. The van der Waals surface area contributed by atoms with Gasteiger partial charge in [-0.05, 0) is 35.6 Å². The highest BCUT2D eigenvalue weighted by atomic mass is 79.9. The number of anilines is 2. The molecular weight excluding hydrogens is 308 g/mol. The molecule has 0 fully saturated rings. The molecule has 1 atom stereocenters. The highest BCUT2D eigenvalue weighted by Gasteiger charge is 2.17. The molecule has 18 heavy (non-hydrogen) atoms. The summed E-state index contributed by atoms with van der Waals surface area (Å²) in [6.45, 7) is 4.43. The molecule has 0 saturated carbocycles. The average molecular weight is 325 g/mol. The van der Waals surface area contributed by atoms with Gasteiger partial charge in [-0.3, -0.25) is 0 Å². The van der Waals surface area contributed by atoms with Crippen molar-refractivity contribution in [3.05, 3.63) is 45.1 Å². The van der Waals surface area contributed by atoms with Gasteiger partial charge in [-0.1, -0.05) is 35.8 Å². The topological polar surface area (TPSA) is 38.0 Å². The molecule has 0 aliphatic heterocycles. The molecule has 2 nitrogen and oxygen atoms in total. The molecule has 4 heteroatoms. The van der Waals surface area contributed by atoms with Crippen LogP contribution >= 0.6 is 27.3 Å². The molecule has 2 aromatic rings. The van der Waals surface area contributed by atoms with E-state index in [1.165, 1.54) is 4.88 Å². The van der Waals surface area contributed by atoms with Gasteiger partial charge >= 0.3 is 0 Å². The van der Waals surface area contributed by atoms with Crippen LogP contribution in [0.4, 0.5) is 11.4 Å². The van der Waals surface area contributed by atoms with E-state index in [1.54, 1.807) is 11.3 Å². The summed E-state index contributed by atoms with van der Waals surface area (Å²) in [6, 6.07) is 10.4. The van der Waals surface area contributed by atoms with E-state index in [0.29, 0.717) is 12.0 Å². The minimum absolute atomic E-state index is 0.293. The summed E-state index contributed by atoms with van der Waals surface area (Å²) >= 11 is 5.25. The van der Waals surface area contributed by atoms with Gasteiger partial charge < -0.3 is 11.1 Å². The van der Waals surface area contributed by atoms with Crippen molar-refractivity contribution in [2.24, 2.45) is 5.92 Å². The lowest BCUT2D eigenvalue weighted by Gasteiger charge is -2.23. The van der Waals surface area contributed by atoms with Gasteiger partial charge in [0, 0.05) is 9.35 Å². The molecule has 0 aliphatic carbocycles. The first-order chi connectivity index (χ1) is 8.58. The number of halogens is 1. The summed E-state index contributed by atoms with van der Waals surface area (Å²) in [5.41, 5.74) is 7.77. The predicted octanol–water partition coefficient (Wildman–Crippen LogP) is 4.90. The molecule has 2 rings (SSSR count). The van der Waals surface area contributed by atoms with E-state index in [0.717, 1.165) is 15.8 Å². The second-order valence-electron chi connectivity index (χ2n) is 4.61. The standard InChI is InChI=1S/C14H17BrN2S/c1-9(2)14(13-4-3-7-18-13)17-12-8-10(15)5-6-11(12)16/h3-9,14,17H,16H2,1-2H3. The largest absolute Gasteiger partial charge is 0.397 e. The molecule has 0 amide bonds. The Bertz CT molecular complexity index is 509. The quantitative estimate of drug-likeness (QED) is 0.785. The van der Waals surface area contributed by atoms with Gasteiger partial charge in [-0.25, -0.2) is 0 Å². The van der Waals surface area contributed by atoms with Gasteiger partial charge in [-0.2, -0.15) is 0 Å². The van der Waals surface area contributed by atoms with Crippen molar-refractivity contribution < 1.29 is 0 Å². The second kappa shape index (κ2) is 5.76. The lowest BCUT2D eigenvalue weighted by atomic mass is 10.0. The van der Waals surface area contributed by atoms with Crippen LogP contribution in [0.15, 0.2) is 40.2 Å². The van der Waals surface area contributed by atoms with E-state index in [4.69, 9.17) is 5.73 Å². The Morgan fingerprint density at radius 3 is 2.67 bits per heavy atom. The van der Waals surface area contributed by atoms with E-state index >= 15 is 0 Å². The molecule has 1 unspecified atom stereocenters. The molecule has 0 spiro atoms. The van der Waals surface area contributed by atoms with E-state index in [2.05, 4.69) is 52.6 Å². The summed E-state index contributed by atoms with van der Waals surface area (Å²) in [6.07, 6.45) is 0. The highest BCUT2D eigenvalue weighted by Crippen LogP contribution is 2.33. The average Bonchev–Trinajstić information content (AvgIpc) is 2.83. The number of rotatable bonds is 4. The van der Waals surface area contributed by atoms with Crippen molar-refractivity contribution in [3.63, 3.8) is 0 Å². The second-order valence-corrected chi connectivity index (χ2v) is 6.51. The van der Waals surface area contributed by atoms with Gasteiger partial charge in [-0.15, -0.1) is 11.3 Å². The molecule has 1 aromatic carbocycles. The smallest absolute Gasteiger partial charge is 0.0630 e. The fraction of sp³-hybridized carbons (Fsp3) is 0.286. The van der Waals surface area contributed by atoms with Crippen molar-refractivity contribution >= 4 is 38.6 Å². The Morgan fingerprint density at radius 2 is 2.06 bits per heavy atom. The summed E-state index contributed by atoms with van der Waals surface area (Å²) in [5.74, 6) is 0.502. The van der Waals surface area contributed by atoms with Crippen LogP contribution < -0.4 is 11.1 Å². The third-order valence-corrected chi connectivity index (χ3v) is 4.29. The van der Waals surface area contributed by atoms with Crippen LogP contribution in [0, 0.1) is 5.92 Å². The SMILES string of the molecule is CC(C)C(Nc1cc(Br)ccc1N)c1cccs1. The molecule has 3 N–H and O–H groups in total. The molecule has 0 saturated heterocycles. The van der Waals surface area contributed by atoms with E-state index < -0.39 is 0 Å². The van der Waals surface area contributed by atoms with Gasteiger partial charge in [0.2, 0.25) is 0 Å². The molecule has 96 valence electrons. The summed E-state index contributed by atoms with van der Waals surface area (Å²) < 4.78 is 1.04. The van der Waals surface area contributed by atoms with Crippen LogP contribution in [0.5, 0.6) is 0 Å². The first-order valence-electron chi connectivity index (χ1n) is 5.93. The highest BCUT2D eigenvalue weighted by molar-refractivity contribution is 9.10. The number of thiophene rings is 1. The summed E-state index contributed by atoms with van der Waals surface area (Å²) in [5, 5.41) is 5.65. The minimum Gasteiger partial charge on any atom is -0.397 e. The van der Waals surface area contributed by atoms with Gasteiger partial charge in [0.05, 0.1) is 17.4 Å². The first kappa shape index (κ1) is 13.4. The maximum Gasteiger partial charge on any atom is 0.0630 e. The van der Waals surface area contributed by atoms with Crippen LogP contribution in [-0.2, 0) is 0 Å². The fourth-order valence-corrected chi connectivity index (χ4v) is 3.17. The van der Waals surface area contributed by atoms with Crippen LogP contribution in [0.1, 0.15) is 24.8 Å². The van der Waals surface area contributed by atoms with Crippen molar-refractivity contribution in [1.82, 2.24) is 0 Å². The normalized spacial score (nSPS) is 12.7. The van der Waals surface area contributed by atoms with Crippen LogP contribution in [0.3, 0.4) is 0 Å². The summed E-state index contributed by atoms with van der Waals surface area (Å²) in [4.78, 5) is 1.34. The number of nitrogens with one attached hydrogen (secondary N) is 1. The summed E-state index contributed by atoms with van der Waals surface area (Å²) in [7, 11) is 0. The fourth-order valence-electron chi connectivity index (χ4n) is 1.86. The van der Waals surface area contributed by atoms with Crippen LogP contribution in [0.25, 0.3) is 0 Å². The van der Waals surface area contributed by atoms with E-state index in [-0.39, 0.29) is 0 Å². The molecular formula is C14H17BrN2S. The molecule has 1 aromatic heterocycles. The molecule has 1 heterocycles. The zero-order valence-corrected chi connectivity index (χ0v) is 12.9.